The quantitative estimate of drug-likeness (QED) is 0.750. The predicted octanol–water partition coefficient (Wildman–Crippen LogP) is 1.47. The molecule has 0 amide bonds. The molecule has 15 heavy (non-hydrogen) atoms. The van der Waals surface area contributed by atoms with Crippen LogP contribution in [0.15, 0.2) is 26.4 Å². The number of aromatic nitrogens is 2. The van der Waals surface area contributed by atoms with Crippen LogP contribution in [0.1, 0.15) is 0 Å². The van der Waals surface area contributed by atoms with E-state index in [1.54, 1.807) is 7.05 Å². The maximum atomic E-state index is 11.6. The minimum absolute atomic E-state index is 0.00654. The first-order chi connectivity index (χ1) is 6.97. The summed E-state index contributed by atoms with van der Waals surface area (Å²) in [5, 5.41) is 0.234. The van der Waals surface area contributed by atoms with Crippen molar-refractivity contribution in [3.05, 3.63) is 41.2 Å². The Balaban J connectivity index is 3.41. The van der Waals surface area contributed by atoms with Crippen LogP contribution >= 0.6 is 45.8 Å². The van der Waals surface area contributed by atoms with Gasteiger partial charge in [0.15, 0.2) is 0 Å². The Labute approximate surface area is 109 Å². The van der Waals surface area contributed by atoms with Crippen LogP contribution in [0.2, 0.25) is 0 Å². The molecule has 0 radical (unpaired) electrons. The van der Waals surface area contributed by atoms with Crippen LogP contribution in [0.25, 0.3) is 0 Å². The van der Waals surface area contributed by atoms with E-state index in [2.05, 4.69) is 0 Å². The van der Waals surface area contributed by atoms with Crippen LogP contribution < -0.4 is 11.2 Å². The molecule has 0 bridgehead atoms. The summed E-state index contributed by atoms with van der Waals surface area (Å²) >= 11 is 12.9. The maximum absolute atomic E-state index is 11.6. The zero-order chi connectivity index (χ0) is 11.6. The van der Waals surface area contributed by atoms with Crippen molar-refractivity contribution >= 4 is 45.8 Å². The van der Waals surface area contributed by atoms with Crippen LogP contribution in [-0.4, -0.2) is 9.13 Å². The lowest BCUT2D eigenvalue weighted by atomic mass is 10.5. The zero-order valence-corrected chi connectivity index (χ0v) is 11.4. The van der Waals surface area contributed by atoms with E-state index < -0.39 is 5.69 Å². The van der Waals surface area contributed by atoms with Crippen molar-refractivity contribution in [1.29, 1.82) is 0 Å². The number of aryl methyl sites for hydroxylation is 1. The van der Waals surface area contributed by atoms with Crippen molar-refractivity contribution in [2.45, 2.75) is 6.54 Å². The number of hydrogen-bond donors (Lipinski definition) is 0. The molecule has 0 aliphatic carbocycles. The molecule has 0 spiro atoms. The molecule has 7 heteroatoms. The molecule has 0 saturated carbocycles. The highest BCUT2D eigenvalue weighted by Gasteiger charge is 2.08. The van der Waals surface area contributed by atoms with E-state index in [0.29, 0.717) is 3.57 Å². The molecule has 0 aliphatic rings. The second-order valence-corrected chi connectivity index (χ2v) is 4.68. The van der Waals surface area contributed by atoms with E-state index in [1.165, 1.54) is 10.8 Å². The minimum atomic E-state index is -0.419. The highest BCUT2D eigenvalue weighted by molar-refractivity contribution is 14.1. The highest BCUT2D eigenvalue weighted by Crippen LogP contribution is 2.04. The van der Waals surface area contributed by atoms with Crippen molar-refractivity contribution < 1.29 is 0 Å². The van der Waals surface area contributed by atoms with E-state index in [4.69, 9.17) is 23.2 Å². The molecule has 0 aromatic carbocycles. The van der Waals surface area contributed by atoms with Crippen molar-refractivity contribution in [3.8, 4) is 0 Å². The van der Waals surface area contributed by atoms with Crippen LogP contribution in [-0.2, 0) is 13.6 Å². The number of hydrogen-bond acceptors (Lipinski definition) is 2. The molecule has 82 valence electrons. The molecule has 0 unspecified atom stereocenters. The Bertz CT molecular complexity index is 484. The van der Waals surface area contributed by atoms with Crippen LogP contribution in [0, 0.1) is 3.57 Å². The van der Waals surface area contributed by atoms with Gasteiger partial charge >= 0.3 is 5.69 Å². The fourth-order valence-electron chi connectivity index (χ4n) is 1.01. The molecule has 0 atom stereocenters. The third-order valence-corrected chi connectivity index (χ3v) is 3.06. The number of allylic oxidation sites excluding steroid dienone is 1. The summed E-state index contributed by atoms with van der Waals surface area (Å²) in [6.45, 7) is -0.00654. The van der Waals surface area contributed by atoms with Gasteiger partial charge in [0.2, 0.25) is 0 Å². The number of halogens is 3. The van der Waals surface area contributed by atoms with Crippen molar-refractivity contribution in [1.82, 2.24) is 9.13 Å². The summed E-state index contributed by atoms with van der Waals surface area (Å²) in [7, 11) is 1.57. The first-order valence-electron chi connectivity index (χ1n) is 3.88. The average Bonchev–Trinajstić information content (AvgIpc) is 2.21. The predicted molar refractivity (Wildman–Crippen MR) is 68.4 cm³/mol. The summed E-state index contributed by atoms with van der Waals surface area (Å²) in [6.07, 6.45) is 1.47. The molecule has 1 aromatic rings. The molecule has 0 N–H and O–H groups in total. The van der Waals surface area contributed by atoms with Gasteiger partial charge in [0.1, 0.15) is 0 Å². The van der Waals surface area contributed by atoms with Crippen LogP contribution in [0.5, 0.6) is 0 Å². The summed E-state index contributed by atoms with van der Waals surface area (Å²) in [4.78, 5) is 23.2. The van der Waals surface area contributed by atoms with Gasteiger partial charge in [0.05, 0.1) is 10.1 Å². The van der Waals surface area contributed by atoms with Crippen LogP contribution in [0.3, 0.4) is 0 Å². The van der Waals surface area contributed by atoms with Gasteiger partial charge < -0.3 is 4.57 Å². The molecule has 1 heterocycles. The third kappa shape index (κ3) is 2.85. The minimum Gasteiger partial charge on any atom is -0.302 e. The molecular weight excluding hydrogens is 354 g/mol. The first-order valence-corrected chi connectivity index (χ1v) is 5.77. The first kappa shape index (κ1) is 12.8. The largest absolute Gasteiger partial charge is 0.331 e. The molecule has 1 rings (SSSR count). The Morgan fingerprint density at radius 1 is 1.60 bits per heavy atom. The lowest BCUT2D eigenvalue weighted by Gasteiger charge is -2.06. The molecule has 0 aliphatic heterocycles. The summed E-state index contributed by atoms with van der Waals surface area (Å²) < 4.78 is 2.80. The second kappa shape index (κ2) is 5.18. The molecule has 0 saturated heterocycles. The summed E-state index contributed by atoms with van der Waals surface area (Å²) in [6, 6.07) is 0. The SMILES string of the molecule is Cn1cc(I)c(=O)n(C/C(Cl)=C/Cl)c1=O. The molecule has 1 aromatic heterocycles. The van der Waals surface area contributed by atoms with E-state index in [-0.39, 0.29) is 17.1 Å². The van der Waals surface area contributed by atoms with Crippen molar-refractivity contribution in [2.75, 3.05) is 0 Å². The standard InChI is InChI=1S/C8H7Cl2IN2O2/c1-12-4-6(11)7(14)13(8(12)15)3-5(10)2-9/h2,4H,3H2,1H3/b5-2-. The Hall–Kier alpha value is -0.270. The van der Waals surface area contributed by atoms with Gasteiger partial charge in [-0.3, -0.25) is 9.36 Å². The third-order valence-electron chi connectivity index (χ3n) is 1.72. The summed E-state index contributed by atoms with van der Waals surface area (Å²) in [5.74, 6) is 0. The van der Waals surface area contributed by atoms with Crippen molar-refractivity contribution in [3.63, 3.8) is 0 Å². The lowest BCUT2D eigenvalue weighted by molar-refractivity contribution is 0.638. The Kier molecular flexibility index (Phi) is 4.42. The lowest BCUT2D eigenvalue weighted by Crippen LogP contribution is -2.40. The highest BCUT2D eigenvalue weighted by atomic mass is 127. The van der Waals surface area contributed by atoms with Gasteiger partial charge in [-0.1, -0.05) is 23.2 Å². The summed E-state index contributed by atoms with van der Waals surface area (Å²) in [5.41, 5.74) is 0.347. The fraction of sp³-hybridized carbons (Fsp3) is 0.250. The van der Waals surface area contributed by atoms with E-state index in [0.717, 1.165) is 10.1 Å². The van der Waals surface area contributed by atoms with Gasteiger partial charge in [-0.2, -0.15) is 0 Å². The molecular formula is C8H7Cl2IN2O2. The maximum Gasteiger partial charge on any atom is 0.331 e. The smallest absolute Gasteiger partial charge is 0.302 e. The van der Waals surface area contributed by atoms with Gasteiger partial charge in [-0.05, 0) is 22.6 Å². The molecule has 0 fully saturated rings. The normalized spacial score (nSPS) is 11.9. The Morgan fingerprint density at radius 2 is 2.20 bits per heavy atom. The monoisotopic (exact) mass is 360 g/mol. The Morgan fingerprint density at radius 3 is 2.73 bits per heavy atom. The number of rotatable bonds is 2. The van der Waals surface area contributed by atoms with E-state index >= 15 is 0 Å². The second-order valence-electron chi connectivity index (χ2n) is 2.82. The van der Waals surface area contributed by atoms with Gasteiger partial charge in [-0.15, -0.1) is 0 Å². The van der Waals surface area contributed by atoms with Crippen molar-refractivity contribution in [2.24, 2.45) is 7.05 Å². The number of nitrogens with zero attached hydrogens (tertiary/aromatic N) is 2. The van der Waals surface area contributed by atoms with Gasteiger partial charge in [-0.25, -0.2) is 4.79 Å². The van der Waals surface area contributed by atoms with E-state index in [1.807, 2.05) is 22.6 Å². The van der Waals surface area contributed by atoms with Gasteiger partial charge in [0.25, 0.3) is 5.56 Å². The fourth-order valence-corrected chi connectivity index (χ4v) is 1.91. The van der Waals surface area contributed by atoms with E-state index in [9.17, 15) is 9.59 Å². The molecule has 4 nitrogen and oxygen atoms in total. The zero-order valence-electron chi connectivity index (χ0n) is 7.71. The van der Waals surface area contributed by atoms with Crippen LogP contribution in [0.4, 0.5) is 0 Å². The van der Waals surface area contributed by atoms with Gasteiger partial charge in [0, 0.05) is 23.8 Å². The topological polar surface area (TPSA) is 44.0 Å². The average molecular weight is 361 g/mol.